The Morgan fingerprint density at radius 3 is 2.76 bits per heavy atom. The van der Waals surface area contributed by atoms with Crippen molar-refractivity contribution in [2.24, 2.45) is 4.99 Å². The van der Waals surface area contributed by atoms with Gasteiger partial charge in [0.15, 0.2) is 6.04 Å². The van der Waals surface area contributed by atoms with Crippen LogP contribution in [0.25, 0.3) is 0 Å². The Morgan fingerprint density at radius 1 is 1.20 bits per heavy atom. The molecule has 2 aromatic carbocycles. The molecule has 2 aromatic rings. The summed E-state index contributed by atoms with van der Waals surface area (Å²) in [4.78, 5) is 32.7. The number of hydrogen-bond donors (Lipinski definition) is 0. The van der Waals surface area contributed by atoms with Crippen LogP contribution in [0.3, 0.4) is 0 Å². The number of hydrogen-bond acceptors (Lipinski definition) is 4. The van der Waals surface area contributed by atoms with Gasteiger partial charge in [0, 0.05) is 6.21 Å². The molecule has 0 saturated carbocycles. The maximum atomic E-state index is 13.0. The van der Waals surface area contributed by atoms with Gasteiger partial charge in [-0.1, -0.05) is 12.1 Å². The fraction of sp³-hybridized carbons (Fsp3) is 0.167. The Kier molecular flexibility index (Phi) is 3.80. The number of ether oxygens (including phenoxy) is 1. The van der Waals surface area contributed by atoms with Crippen LogP contribution >= 0.6 is 15.9 Å². The van der Waals surface area contributed by atoms with Gasteiger partial charge in [0.1, 0.15) is 5.75 Å². The smallest absolute Gasteiger partial charge is 0.337 e. The molecule has 0 aromatic heterocycles. The van der Waals surface area contributed by atoms with Crippen LogP contribution in [0, 0.1) is 0 Å². The number of fused-ring (bicyclic) bond motifs is 3. The minimum Gasteiger partial charge on any atom is -0.493 e. The van der Waals surface area contributed by atoms with Gasteiger partial charge in [-0.3, -0.25) is 14.7 Å². The predicted octanol–water partition coefficient (Wildman–Crippen LogP) is 3.91. The monoisotopic (exact) mass is 399 g/mol. The average molecular weight is 400 g/mol. The summed E-state index contributed by atoms with van der Waals surface area (Å²) >= 11 is 3.42. The molecule has 1 atom stereocenters. The van der Waals surface area contributed by atoms with Crippen molar-refractivity contribution in [1.29, 1.82) is 0 Å². The second-order valence-electron chi connectivity index (χ2n) is 5.59. The molecule has 7 heteroatoms. The lowest BCUT2D eigenvalue weighted by Gasteiger charge is -2.24. The van der Waals surface area contributed by atoms with Crippen LogP contribution in [-0.4, -0.2) is 30.8 Å². The van der Waals surface area contributed by atoms with Gasteiger partial charge in [-0.15, -0.1) is 0 Å². The zero-order valence-electron chi connectivity index (χ0n) is 13.3. The molecule has 0 N–H and O–H groups in total. The molecule has 0 spiro atoms. The van der Waals surface area contributed by atoms with E-state index in [-0.39, 0.29) is 11.9 Å². The quantitative estimate of drug-likeness (QED) is 0.735. The number of amides is 3. The van der Waals surface area contributed by atoms with Crippen LogP contribution in [-0.2, 0) is 4.79 Å². The molecule has 4 rings (SSSR count). The Hall–Kier alpha value is -2.67. The number of carbonyl (C=O) groups is 2. The number of urea groups is 1. The molecule has 3 amide bonds. The molecule has 0 radical (unpaired) electrons. The standard InChI is InChI=1S/C18H14BrN3O3/c1-2-25-16-8-7-11(9-12(16)19)21-17(23)15-10-20-13-5-3-4-6-14(13)22(15)18(21)24/h3-10,15H,2H2,1H3. The van der Waals surface area contributed by atoms with Crippen LogP contribution in [0.5, 0.6) is 5.75 Å². The Labute approximate surface area is 152 Å². The third-order valence-electron chi connectivity index (χ3n) is 4.12. The van der Waals surface area contributed by atoms with Crippen molar-refractivity contribution < 1.29 is 14.3 Å². The normalized spacial score (nSPS) is 18.4. The second kappa shape index (κ2) is 6.00. The first-order valence-corrected chi connectivity index (χ1v) is 8.64. The first-order chi connectivity index (χ1) is 12.1. The summed E-state index contributed by atoms with van der Waals surface area (Å²) in [5, 5.41) is 0. The van der Waals surface area contributed by atoms with E-state index < -0.39 is 6.04 Å². The highest BCUT2D eigenvalue weighted by Crippen LogP contribution is 2.39. The number of nitrogens with zero attached hydrogens (tertiary/aromatic N) is 3. The summed E-state index contributed by atoms with van der Waals surface area (Å²) in [6.45, 7) is 2.42. The summed E-state index contributed by atoms with van der Waals surface area (Å²) in [7, 11) is 0. The van der Waals surface area contributed by atoms with Crippen molar-refractivity contribution in [3.63, 3.8) is 0 Å². The highest BCUT2D eigenvalue weighted by molar-refractivity contribution is 9.10. The summed E-state index contributed by atoms with van der Waals surface area (Å²) in [6, 6.07) is 11.3. The first-order valence-electron chi connectivity index (χ1n) is 7.84. The summed E-state index contributed by atoms with van der Waals surface area (Å²) in [6.07, 6.45) is 1.52. The Morgan fingerprint density at radius 2 is 2.00 bits per heavy atom. The van der Waals surface area contributed by atoms with Gasteiger partial charge in [0.05, 0.1) is 28.1 Å². The molecule has 25 heavy (non-hydrogen) atoms. The molecule has 0 aliphatic carbocycles. The van der Waals surface area contributed by atoms with Gasteiger partial charge in [0.2, 0.25) is 0 Å². The molecule has 0 bridgehead atoms. The number of para-hydroxylation sites is 2. The number of imide groups is 1. The van der Waals surface area contributed by atoms with Crippen LogP contribution < -0.4 is 14.5 Å². The topological polar surface area (TPSA) is 62.2 Å². The van der Waals surface area contributed by atoms with E-state index in [4.69, 9.17) is 4.74 Å². The van der Waals surface area contributed by atoms with E-state index >= 15 is 0 Å². The number of anilines is 2. The van der Waals surface area contributed by atoms with Crippen molar-refractivity contribution in [3.8, 4) is 5.75 Å². The number of halogens is 1. The lowest BCUT2D eigenvalue weighted by Crippen LogP contribution is -2.38. The third-order valence-corrected chi connectivity index (χ3v) is 4.74. The predicted molar refractivity (Wildman–Crippen MR) is 99.1 cm³/mol. The maximum Gasteiger partial charge on any atom is 0.337 e. The average Bonchev–Trinajstić information content (AvgIpc) is 2.88. The molecule has 6 nitrogen and oxygen atoms in total. The molecule has 2 heterocycles. The molecular formula is C18H14BrN3O3. The SMILES string of the molecule is CCOc1ccc(N2C(=O)C3C=Nc4ccccc4N3C2=O)cc1Br. The lowest BCUT2D eigenvalue weighted by atomic mass is 10.1. The van der Waals surface area contributed by atoms with E-state index in [1.165, 1.54) is 16.0 Å². The number of benzene rings is 2. The molecule has 2 aliphatic heterocycles. The van der Waals surface area contributed by atoms with Crippen molar-refractivity contribution >= 4 is 51.1 Å². The van der Waals surface area contributed by atoms with Gasteiger partial charge in [-0.25, -0.2) is 9.69 Å². The number of carbonyl (C=O) groups excluding carboxylic acids is 2. The van der Waals surface area contributed by atoms with Crippen LogP contribution in [0.4, 0.5) is 21.9 Å². The zero-order valence-corrected chi connectivity index (χ0v) is 14.9. The molecular weight excluding hydrogens is 386 g/mol. The van der Waals surface area contributed by atoms with E-state index in [2.05, 4.69) is 20.9 Å². The molecule has 2 aliphatic rings. The molecule has 1 fully saturated rings. The first kappa shape index (κ1) is 15.8. The zero-order chi connectivity index (χ0) is 17.6. The highest BCUT2D eigenvalue weighted by atomic mass is 79.9. The maximum absolute atomic E-state index is 13.0. The molecule has 1 saturated heterocycles. The molecule has 126 valence electrons. The minimum atomic E-state index is -0.715. The Bertz CT molecular complexity index is 912. The number of rotatable bonds is 3. The van der Waals surface area contributed by atoms with Gasteiger partial charge >= 0.3 is 6.03 Å². The largest absolute Gasteiger partial charge is 0.493 e. The lowest BCUT2D eigenvalue weighted by molar-refractivity contribution is -0.116. The van der Waals surface area contributed by atoms with E-state index in [0.29, 0.717) is 33.9 Å². The van der Waals surface area contributed by atoms with Gasteiger partial charge in [-0.2, -0.15) is 0 Å². The van der Waals surface area contributed by atoms with Crippen LogP contribution in [0.15, 0.2) is 51.9 Å². The number of aliphatic imine (C=N–C) groups is 1. The van der Waals surface area contributed by atoms with Crippen molar-refractivity contribution in [2.45, 2.75) is 13.0 Å². The van der Waals surface area contributed by atoms with E-state index in [0.717, 1.165) is 0 Å². The van der Waals surface area contributed by atoms with E-state index in [9.17, 15) is 9.59 Å². The fourth-order valence-corrected chi connectivity index (χ4v) is 3.50. The van der Waals surface area contributed by atoms with E-state index in [1.54, 1.807) is 24.3 Å². The highest BCUT2D eigenvalue weighted by Gasteiger charge is 2.48. The van der Waals surface area contributed by atoms with Gasteiger partial charge in [0.25, 0.3) is 5.91 Å². The van der Waals surface area contributed by atoms with Crippen LogP contribution in [0.1, 0.15) is 6.92 Å². The van der Waals surface area contributed by atoms with Gasteiger partial charge < -0.3 is 4.74 Å². The fourth-order valence-electron chi connectivity index (χ4n) is 3.01. The van der Waals surface area contributed by atoms with Crippen molar-refractivity contribution in [2.75, 3.05) is 16.4 Å². The summed E-state index contributed by atoms with van der Waals surface area (Å²) in [5.41, 5.74) is 1.81. The van der Waals surface area contributed by atoms with Gasteiger partial charge in [-0.05, 0) is 53.2 Å². The summed E-state index contributed by atoms with van der Waals surface area (Å²) in [5.74, 6) is 0.342. The van der Waals surface area contributed by atoms with Crippen molar-refractivity contribution in [1.82, 2.24) is 0 Å². The minimum absolute atomic E-state index is 0.320. The second-order valence-corrected chi connectivity index (χ2v) is 6.44. The van der Waals surface area contributed by atoms with Crippen molar-refractivity contribution in [3.05, 3.63) is 46.9 Å². The summed E-state index contributed by atoms with van der Waals surface area (Å²) < 4.78 is 6.17. The molecule has 1 unspecified atom stereocenters. The van der Waals surface area contributed by atoms with E-state index in [1.807, 2.05) is 25.1 Å². The Balaban J connectivity index is 1.74. The van der Waals surface area contributed by atoms with Crippen LogP contribution in [0.2, 0.25) is 0 Å². The third kappa shape index (κ3) is 2.42.